The molecule has 0 amide bonds. The van der Waals surface area contributed by atoms with Crippen LogP contribution in [0.3, 0.4) is 0 Å². The molecule has 116 valence electrons. The summed E-state index contributed by atoms with van der Waals surface area (Å²) in [4.78, 5) is 11.6. The van der Waals surface area contributed by atoms with Crippen LogP contribution in [0.4, 0.5) is 13.2 Å². The largest absolute Gasteiger partial charge is 0.453 e. The molecule has 4 nitrogen and oxygen atoms in total. The molecule has 0 aliphatic rings. The second kappa shape index (κ2) is 7.35. The average molecular weight is 320 g/mol. The molecule has 0 atom stereocenters. The van der Waals surface area contributed by atoms with E-state index < -0.39 is 24.4 Å². The lowest BCUT2D eigenvalue weighted by molar-refractivity contribution is -0.144. The van der Waals surface area contributed by atoms with Gasteiger partial charge in [-0.05, 0) is 24.8 Å². The minimum Gasteiger partial charge on any atom is -0.453 e. The molecule has 0 aromatic carbocycles. The van der Waals surface area contributed by atoms with Crippen molar-refractivity contribution in [3.05, 3.63) is 36.2 Å². The SMILES string of the molecule is C=CC(=CC)c1cc(C(F)(F)F)nn1CC(=O)OCSC. The molecular formula is C13H15F3N2O2S. The lowest BCUT2D eigenvalue weighted by Gasteiger charge is -2.07. The molecular weight excluding hydrogens is 305 g/mol. The molecule has 21 heavy (non-hydrogen) atoms. The monoisotopic (exact) mass is 320 g/mol. The minimum atomic E-state index is -4.58. The summed E-state index contributed by atoms with van der Waals surface area (Å²) in [7, 11) is 0. The van der Waals surface area contributed by atoms with Crippen molar-refractivity contribution >= 4 is 23.3 Å². The van der Waals surface area contributed by atoms with Gasteiger partial charge in [0.15, 0.2) is 5.69 Å². The minimum absolute atomic E-state index is 0.138. The summed E-state index contributed by atoms with van der Waals surface area (Å²) in [5, 5.41) is 3.44. The standard InChI is InChI=1S/C13H15F3N2O2S/c1-4-9(5-2)10-6-11(13(14,15)16)17-18(10)7-12(19)20-8-21-3/h4-6H,1,7-8H2,2-3H3. The van der Waals surface area contributed by atoms with E-state index in [1.807, 2.05) is 0 Å². The molecule has 0 unspecified atom stereocenters. The van der Waals surface area contributed by atoms with Gasteiger partial charge >= 0.3 is 12.1 Å². The normalized spacial score (nSPS) is 12.3. The van der Waals surface area contributed by atoms with Crippen LogP contribution < -0.4 is 0 Å². The number of aromatic nitrogens is 2. The Morgan fingerprint density at radius 3 is 2.71 bits per heavy atom. The number of halogens is 3. The van der Waals surface area contributed by atoms with Crippen LogP contribution in [-0.4, -0.2) is 27.9 Å². The Labute approximate surface area is 124 Å². The van der Waals surface area contributed by atoms with E-state index in [9.17, 15) is 18.0 Å². The van der Waals surface area contributed by atoms with Crippen LogP contribution in [0.2, 0.25) is 0 Å². The Bertz CT molecular complexity index is 550. The number of ether oxygens (including phenoxy) is 1. The average Bonchev–Trinajstić information content (AvgIpc) is 2.82. The number of nitrogens with zero attached hydrogens (tertiary/aromatic N) is 2. The van der Waals surface area contributed by atoms with Crippen LogP contribution in [0.15, 0.2) is 24.8 Å². The molecule has 1 heterocycles. The van der Waals surface area contributed by atoms with E-state index in [0.717, 1.165) is 10.7 Å². The van der Waals surface area contributed by atoms with Crippen molar-refractivity contribution in [2.45, 2.75) is 19.6 Å². The number of carbonyl (C=O) groups excluding carboxylic acids is 1. The lowest BCUT2D eigenvalue weighted by atomic mass is 10.1. The summed E-state index contributed by atoms with van der Waals surface area (Å²) >= 11 is 1.29. The summed E-state index contributed by atoms with van der Waals surface area (Å²) in [5.41, 5.74) is -0.437. The maximum absolute atomic E-state index is 12.8. The zero-order chi connectivity index (χ0) is 16.0. The lowest BCUT2D eigenvalue weighted by Crippen LogP contribution is -2.17. The van der Waals surface area contributed by atoms with Gasteiger partial charge in [0.1, 0.15) is 12.5 Å². The molecule has 0 aliphatic carbocycles. The van der Waals surface area contributed by atoms with Crippen LogP contribution >= 0.6 is 11.8 Å². The molecule has 0 saturated carbocycles. The van der Waals surface area contributed by atoms with Gasteiger partial charge in [-0.1, -0.05) is 18.7 Å². The highest BCUT2D eigenvalue weighted by Crippen LogP contribution is 2.30. The predicted octanol–water partition coefficient (Wildman–Crippen LogP) is 3.35. The number of hydrogen-bond donors (Lipinski definition) is 0. The van der Waals surface area contributed by atoms with Crippen LogP contribution in [-0.2, 0) is 22.3 Å². The van der Waals surface area contributed by atoms with Gasteiger partial charge in [-0.2, -0.15) is 18.3 Å². The number of carbonyl (C=O) groups is 1. The molecule has 0 fully saturated rings. The van der Waals surface area contributed by atoms with E-state index >= 15 is 0 Å². The number of allylic oxidation sites excluding steroid dienone is 3. The van der Waals surface area contributed by atoms with Crippen molar-refractivity contribution in [2.75, 3.05) is 12.2 Å². The highest BCUT2D eigenvalue weighted by molar-refractivity contribution is 7.98. The van der Waals surface area contributed by atoms with E-state index in [1.54, 1.807) is 19.3 Å². The fourth-order valence-electron chi connectivity index (χ4n) is 1.57. The molecule has 0 radical (unpaired) electrons. The van der Waals surface area contributed by atoms with Crippen molar-refractivity contribution in [1.29, 1.82) is 0 Å². The van der Waals surface area contributed by atoms with Gasteiger partial charge in [-0.3, -0.25) is 9.48 Å². The van der Waals surface area contributed by atoms with Gasteiger partial charge in [0.25, 0.3) is 0 Å². The molecule has 0 aliphatic heterocycles. The number of alkyl halides is 3. The fourth-order valence-corrected chi connectivity index (χ4v) is 1.82. The molecule has 0 bridgehead atoms. The molecule has 0 N–H and O–H groups in total. The van der Waals surface area contributed by atoms with E-state index in [4.69, 9.17) is 4.74 Å². The highest BCUT2D eigenvalue weighted by Gasteiger charge is 2.35. The van der Waals surface area contributed by atoms with E-state index in [2.05, 4.69) is 11.7 Å². The topological polar surface area (TPSA) is 44.1 Å². The van der Waals surface area contributed by atoms with E-state index in [0.29, 0.717) is 5.57 Å². The van der Waals surface area contributed by atoms with Crippen molar-refractivity contribution in [2.24, 2.45) is 0 Å². The van der Waals surface area contributed by atoms with Crippen LogP contribution in [0, 0.1) is 0 Å². The maximum atomic E-state index is 12.8. The molecule has 0 saturated heterocycles. The van der Waals surface area contributed by atoms with Gasteiger partial charge in [0.05, 0.1) is 5.69 Å². The Morgan fingerprint density at radius 2 is 2.24 bits per heavy atom. The number of hydrogen-bond acceptors (Lipinski definition) is 4. The smallest absolute Gasteiger partial charge is 0.435 e. The van der Waals surface area contributed by atoms with Crippen molar-refractivity contribution in [3.8, 4) is 0 Å². The van der Waals surface area contributed by atoms with E-state index in [1.165, 1.54) is 17.8 Å². The first kappa shape index (κ1) is 17.4. The van der Waals surface area contributed by atoms with Gasteiger partial charge in [0, 0.05) is 0 Å². The highest BCUT2D eigenvalue weighted by atomic mass is 32.2. The van der Waals surface area contributed by atoms with Gasteiger partial charge in [-0.25, -0.2) is 0 Å². The van der Waals surface area contributed by atoms with Crippen LogP contribution in [0.25, 0.3) is 5.57 Å². The predicted molar refractivity (Wildman–Crippen MR) is 75.6 cm³/mol. The third kappa shape index (κ3) is 4.66. The van der Waals surface area contributed by atoms with Crippen molar-refractivity contribution in [3.63, 3.8) is 0 Å². The summed E-state index contributed by atoms with van der Waals surface area (Å²) in [6.07, 6.45) is 0.155. The van der Waals surface area contributed by atoms with E-state index in [-0.39, 0.29) is 11.6 Å². The fraction of sp³-hybridized carbons (Fsp3) is 0.385. The van der Waals surface area contributed by atoms with Crippen molar-refractivity contribution < 1.29 is 22.7 Å². The maximum Gasteiger partial charge on any atom is 0.435 e. The van der Waals surface area contributed by atoms with Crippen molar-refractivity contribution in [1.82, 2.24) is 9.78 Å². The Kier molecular flexibility index (Phi) is 6.07. The second-order valence-electron chi connectivity index (χ2n) is 3.94. The molecule has 8 heteroatoms. The Hall–Kier alpha value is -1.70. The second-order valence-corrected chi connectivity index (χ2v) is 4.75. The van der Waals surface area contributed by atoms with Gasteiger partial charge < -0.3 is 4.74 Å². The number of thioether (sulfide) groups is 1. The molecule has 1 rings (SSSR count). The van der Waals surface area contributed by atoms with Gasteiger partial charge in [-0.15, -0.1) is 11.8 Å². The quantitative estimate of drug-likeness (QED) is 0.458. The van der Waals surface area contributed by atoms with Gasteiger partial charge in [0.2, 0.25) is 0 Å². The first-order valence-electron chi connectivity index (χ1n) is 5.92. The summed E-state index contributed by atoms with van der Waals surface area (Å²) in [5.74, 6) is -0.513. The zero-order valence-corrected chi connectivity index (χ0v) is 12.4. The Balaban J connectivity index is 3.13. The summed E-state index contributed by atoms with van der Waals surface area (Å²) in [6.45, 7) is 4.81. The third-order valence-corrected chi connectivity index (χ3v) is 2.87. The summed E-state index contributed by atoms with van der Waals surface area (Å²) < 4.78 is 44.1. The first-order valence-corrected chi connectivity index (χ1v) is 7.31. The summed E-state index contributed by atoms with van der Waals surface area (Å²) in [6, 6.07) is 0.888. The zero-order valence-electron chi connectivity index (χ0n) is 11.6. The molecule has 0 spiro atoms. The number of rotatable bonds is 6. The molecule has 1 aromatic rings. The first-order chi connectivity index (χ1) is 9.83. The van der Waals surface area contributed by atoms with Crippen LogP contribution in [0.1, 0.15) is 18.3 Å². The van der Waals surface area contributed by atoms with Crippen LogP contribution in [0.5, 0.6) is 0 Å². The number of esters is 1. The third-order valence-electron chi connectivity index (χ3n) is 2.51. The Morgan fingerprint density at radius 1 is 1.57 bits per heavy atom. The molecule has 1 aromatic heterocycles.